The number of sulfonamides is 1. The van der Waals surface area contributed by atoms with Gasteiger partial charge in [-0.1, -0.05) is 0 Å². The minimum Gasteiger partial charge on any atom is -0.444 e. The molecule has 3 N–H and O–H groups in total. The summed E-state index contributed by atoms with van der Waals surface area (Å²) in [5.74, 6) is -0.139. The van der Waals surface area contributed by atoms with Crippen LogP contribution in [0, 0.1) is 12.7 Å². The van der Waals surface area contributed by atoms with Gasteiger partial charge in [-0.25, -0.2) is 17.8 Å². The number of halogens is 1. The highest BCUT2D eigenvalue weighted by molar-refractivity contribution is 7.89. The first-order chi connectivity index (χ1) is 9.29. The molecular formula is C12H14FN3O3S. The number of anilines is 1. The molecule has 108 valence electrons. The molecule has 2 aromatic rings. The zero-order chi connectivity index (χ0) is 14.9. The number of aryl methyl sites for hydroxylation is 1. The molecule has 0 amide bonds. The summed E-state index contributed by atoms with van der Waals surface area (Å²) in [7, 11) is -4.03. The summed E-state index contributed by atoms with van der Waals surface area (Å²) in [4.78, 5) is 3.45. The maximum absolute atomic E-state index is 13.7. The van der Waals surface area contributed by atoms with E-state index < -0.39 is 26.8 Å². The Labute approximate surface area is 115 Å². The lowest BCUT2D eigenvalue weighted by Crippen LogP contribution is -2.27. The number of aromatic nitrogens is 1. The minimum absolute atomic E-state index is 0.151. The molecule has 8 heteroatoms. The zero-order valence-electron chi connectivity index (χ0n) is 10.9. The van der Waals surface area contributed by atoms with Crippen molar-refractivity contribution in [1.29, 1.82) is 0 Å². The Morgan fingerprint density at radius 3 is 2.70 bits per heavy atom. The van der Waals surface area contributed by atoms with E-state index in [1.54, 1.807) is 13.8 Å². The fraction of sp³-hybridized carbons (Fsp3) is 0.250. The third-order valence-corrected chi connectivity index (χ3v) is 4.16. The third-order valence-electron chi connectivity index (χ3n) is 2.59. The summed E-state index contributed by atoms with van der Waals surface area (Å²) in [6, 6.07) is 2.66. The summed E-state index contributed by atoms with van der Waals surface area (Å²) < 4.78 is 45.4. The number of hydrogen-bond donors (Lipinski definition) is 2. The Hall–Kier alpha value is -1.93. The topological polar surface area (TPSA) is 98.2 Å². The second kappa shape index (κ2) is 5.22. The third kappa shape index (κ3) is 2.97. The number of oxazole rings is 1. The van der Waals surface area contributed by atoms with Crippen LogP contribution in [0.15, 0.2) is 33.7 Å². The van der Waals surface area contributed by atoms with Crippen LogP contribution in [0.25, 0.3) is 0 Å². The Morgan fingerprint density at radius 1 is 1.45 bits per heavy atom. The van der Waals surface area contributed by atoms with Gasteiger partial charge in [-0.3, -0.25) is 0 Å². The van der Waals surface area contributed by atoms with Gasteiger partial charge in [0.05, 0.1) is 12.2 Å². The van der Waals surface area contributed by atoms with Gasteiger partial charge >= 0.3 is 0 Å². The second-order valence-electron chi connectivity index (χ2n) is 4.34. The monoisotopic (exact) mass is 299 g/mol. The Balaban J connectivity index is 2.27. The maximum atomic E-state index is 13.7. The van der Waals surface area contributed by atoms with Crippen molar-refractivity contribution in [3.8, 4) is 0 Å². The maximum Gasteiger partial charge on any atom is 0.244 e. The first kappa shape index (κ1) is 14.5. The number of hydrogen-bond acceptors (Lipinski definition) is 5. The van der Waals surface area contributed by atoms with Crippen molar-refractivity contribution in [3.05, 3.63) is 41.9 Å². The quantitative estimate of drug-likeness (QED) is 0.838. The van der Waals surface area contributed by atoms with Crippen molar-refractivity contribution < 1.29 is 17.2 Å². The fourth-order valence-electron chi connectivity index (χ4n) is 1.65. The fourth-order valence-corrected chi connectivity index (χ4v) is 2.91. The predicted molar refractivity (Wildman–Crippen MR) is 70.8 cm³/mol. The smallest absolute Gasteiger partial charge is 0.244 e. The molecule has 1 aromatic carbocycles. The second-order valence-corrected chi connectivity index (χ2v) is 6.02. The van der Waals surface area contributed by atoms with Crippen LogP contribution in [0.1, 0.15) is 24.6 Å². The lowest BCUT2D eigenvalue weighted by Gasteiger charge is -2.12. The molecular weight excluding hydrogens is 285 g/mol. The Bertz CT molecular complexity index is 727. The van der Waals surface area contributed by atoms with Crippen molar-refractivity contribution in [1.82, 2.24) is 9.71 Å². The molecule has 1 heterocycles. The van der Waals surface area contributed by atoms with Crippen molar-refractivity contribution in [2.75, 3.05) is 5.73 Å². The summed E-state index contributed by atoms with van der Waals surface area (Å²) in [6.45, 7) is 3.25. The van der Waals surface area contributed by atoms with Gasteiger partial charge in [0.15, 0.2) is 0 Å². The van der Waals surface area contributed by atoms with Crippen LogP contribution >= 0.6 is 0 Å². The van der Waals surface area contributed by atoms with E-state index in [9.17, 15) is 12.8 Å². The van der Waals surface area contributed by atoms with Gasteiger partial charge in [0.2, 0.25) is 15.9 Å². The lowest BCUT2D eigenvalue weighted by atomic mass is 10.3. The van der Waals surface area contributed by atoms with E-state index in [0.717, 1.165) is 12.1 Å². The highest BCUT2D eigenvalue weighted by Crippen LogP contribution is 2.20. The molecule has 0 aliphatic heterocycles. The molecule has 0 aliphatic rings. The van der Waals surface area contributed by atoms with Gasteiger partial charge in [-0.15, -0.1) is 0 Å². The molecule has 0 spiro atoms. The van der Waals surface area contributed by atoms with E-state index in [-0.39, 0.29) is 11.6 Å². The number of nitrogens with zero attached hydrogens (tertiary/aromatic N) is 1. The van der Waals surface area contributed by atoms with Crippen LogP contribution in [0.2, 0.25) is 0 Å². The van der Waals surface area contributed by atoms with Crippen molar-refractivity contribution in [2.45, 2.75) is 24.8 Å². The van der Waals surface area contributed by atoms with Crippen LogP contribution in [-0.4, -0.2) is 13.4 Å². The molecule has 0 aliphatic carbocycles. The van der Waals surface area contributed by atoms with Gasteiger partial charge in [-0.2, -0.15) is 4.72 Å². The van der Waals surface area contributed by atoms with Crippen molar-refractivity contribution in [3.63, 3.8) is 0 Å². The lowest BCUT2D eigenvalue weighted by molar-refractivity contribution is 0.427. The Kier molecular flexibility index (Phi) is 3.78. The highest BCUT2D eigenvalue weighted by Gasteiger charge is 2.24. The van der Waals surface area contributed by atoms with E-state index >= 15 is 0 Å². The van der Waals surface area contributed by atoms with Gasteiger partial charge < -0.3 is 10.2 Å². The van der Waals surface area contributed by atoms with E-state index in [1.165, 1.54) is 12.3 Å². The van der Waals surface area contributed by atoms with Crippen LogP contribution < -0.4 is 10.5 Å². The van der Waals surface area contributed by atoms with Crippen LogP contribution in [0.3, 0.4) is 0 Å². The van der Waals surface area contributed by atoms with Crippen molar-refractivity contribution in [2.24, 2.45) is 0 Å². The molecule has 2 rings (SSSR count). The summed E-state index contributed by atoms with van der Waals surface area (Å²) >= 11 is 0. The molecule has 0 saturated carbocycles. The normalized spacial score (nSPS) is 13.3. The molecule has 0 radical (unpaired) electrons. The van der Waals surface area contributed by atoms with Gasteiger partial charge in [0, 0.05) is 5.69 Å². The highest BCUT2D eigenvalue weighted by atomic mass is 32.2. The predicted octanol–water partition coefficient (Wildman–Crippen LogP) is 1.74. The largest absolute Gasteiger partial charge is 0.444 e. The average Bonchev–Trinajstić information content (AvgIpc) is 2.74. The molecule has 0 saturated heterocycles. The zero-order valence-corrected chi connectivity index (χ0v) is 11.7. The molecule has 20 heavy (non-hydrogen) atoms. The molecule has 1 atom stereocenters. The minimum atomic E-state index is -4.03. The van der Waals surface area contributed by atoms with E-state index in [2.05, 4.69) is 9.71 Å². The molecule has 0 fully saturated rings. The molecule has 6 nitrogen and oxygen atoms in total. The van der Waals surface area contributed by atoms with Gasteiger partial charge in [-0.05, 0) is 32.0 Å². The standard InChI is InChI=1S/C12H14FN3O3S/c1-7-6-15-12(19-7)8(2)16-20(17,18)11-4-3-9(14)5-10(11)13/h3-6,8,16H,14H2,1-2H3. The number of nitrogens with two attached hydrogens (primary N) is 1. The first-order valence-electron chi connectivity index (χ1n) is 5.79. The molecule has 1 aromatic heterocycles. The Morgan fingerprint density at radius 2 is 2.15 bits per heavy atom. The molecule has 0 bridgehead atoms. The first-order valence-corrected chi connectivity index (χ1v) is 7.27. The average molecular weight is 299 g/mol. The molecule has 1 unspecified atom stereocenters. The van der Waals surface area contributed by atoms with Crippen LogP contribution in [-0.2, 0) is 10.0 Å². The summed E-state index contributed by atoms with van der Waals surface area (Å²) in [6.07, 6.45) is 1.48. The van der Waals surface area contributed by atoms with Crippen molar-refractivity contribution >= 4 is 15.7 Å². The number of benzene rings is 1. The van der Waals surface area contributed by atoms with Crippen LogP contribution in [0.4, 0.5) is 10.1 Å². The van der Waals surface area contributed by atoms with E-state index in [1.807, 2.05) is 0 Å². The number of rotatable bonds is 4. The number of nitrogen functional groups attached to an aromatic ring is 1. The van der Waals surface area contributed by atoms with Gasteiger partial charge in [0.25, 0.3) is 0 Å². The number of nitrogens with one attached hydrogen (secondary N) is 1. The van der Waals surface area contributed by atoms with E-state index in [0.29, 0.717) is 5.76 Å². The SMILES string of the molecule is Cc1cnc(C(C)NS(=O)(=O)c2ccc(N)cc2F)o1. The summed E-state index contributed by atoms with van der Waals surface area (Å²) in [5.41, 5.74) is 5.54. The van der Waals surface area contributed by atoms with E-state index in [4.69, 9.17) is 10.2 Å². The summed E-state index contributed by atoms with van der Waals surface area (Å²) in [5, 5.41) is 0. The van der Waals surface area contributed by atoms with Crippen LogP contribution in [0.5, 0.6) is 0 Å². The van der Waals surface area contributed by atoms with Gasteiger partial charge in [0.1, 0.15) is 16.5 Å².